The van der Waals surface area contributed by atoms with Crippen molar-refractivity contribution < 1.29 is 0 Å². The van der Waals surface area contributed by atoms with Crippen molar-refractivity contribution in [1.29, 1.82) is 0 Å². The van der Waals surface area contributed by atoms with Gasteiger partial charge in [0.1, 0.15) is 0 Å². The summed E-state index contributed by atoms with van der Waals surface area (Å²) >= 11 is 0. The van der Waals surface area contributed by atoms with E-state index in [1.807, 2.05) is 6.20 Å². The first-order chi connectivity index (χ1) is 6.20. The first kappa shape index (κ1) is 8.36. The Bertz CT molecular complexity index is 424. The smallest absolute Gasteiger partial charge is 0.0486 e. The largest absolute Gasteiger partial charge is 0.361 e. The number of hydrogen-bond donors (Lipinski definition) is 1. The van der Waals surface area contributed by atoms with Crippen LogP contribution in [0.15, 0.2) is 24.4 Å². The summed E-state index contributed by atoms with van der Waals surface area (Å²) in [6.07, 6.45) is 2.02. The molecule has 2 aromatic rings. The van der Waals surface area contributed by atoms with E-state index in [2.05, 4.69) is 44.0 Å². The number of aryl methyl sites for hydroxylation is 1. The maximum absolute atomic E-state index is 3.28. The Labute approximate surface area is 78.8 Å². The number of aromatic nitrogens is 1. The van der Waals surface area contributed by atoms with Gasteiger partial charge >= 0.3 is 0 Å². The average molecular weight is 173 g/mol. The molecule has 0 radical (unpaired) electrons. The van der Waals surface area contributed by atoms with Crippen LogP contribution >= 0.6 is 0 Å². The molecular weight excluding hydrogens is 158 g/mol. The molecular formula is C12H15N. The molecule has 0 unspecified atom stereocenters. The van der Waals surface area contributed by atoms with E-state index < -0.39 is 0 Å². The van der Waals surface area contributed by atoms with Crippen LogP contribution in [-0.2, 0) is 0 Å². The molecule has 1 aromatic heterocycles. The minimum atomic E-state index is 0.596. The zero-order chi connectivity index (χ0) is 9.42. The molecule has 0 aliphatic carbocycles. The monoisotopic (exact) mass is 173 g/mol. The van der Waals surface area contributed by atoms with Crippen LogP contribution in [-0.4, -0.2) is 4.98 Å². The van der Waals surface area contributed by atoms with Crippen LogP contribution in [0.5, 0.6) is 0 Å². The predicted octanol–water partition coefficient (Wildman–Crippen LogP) is 3.60. The fourth-order valence-electron chi connectivity index (χ4n) is 1.83. The summed E-state index contributed by atoms with van der Waals surface area (Å²) in [4.78, 5) is 3.28. The summed E-state index contributed by atoms with van der Waals surface area (Å²) in [5, 5.41) is 1.37. The van der Waals surface area contributed by atoms with E-state index in [9.17, 15) is 0 Å². The summed E-state index contributed by atoms with van der Waals surface area (Å²) in [6.45, 7) is 6.61. The molecule has 68 valence electrons. The van der Waals surface area contributed by atoms with Gasteiger partial charge in [0.25, 0.3) is 0 Å². The summed E-state index contributed by atoms with van der Waals surface area (Å²) in [5.41, 5.74) is 4.04. The molecule has 1 N–H and O–H groups in total. The molecule has 0 saturated heterocycles. The summed E-state index contributed by atoms with van der Waals surface area (Å²) in [7, 11) is 0. The Hall–Kier alpha value is -1.24. The molecule has 0 saturated carbocycles. The highest BCUT2D eigenvalue weighted by molar-refractivity contribution is 5.86. The van der Waals surface area contributed by atoms with Crippen LogP contribution in [0.4, 0.5) is 0 Å². The fourth-order valence-corrected chi connectivity index (χ4v) is 1.83. The summed E-state index contributed by atoms with van der Waals surface area (Å²) in [5.74, 6) is 0.596. The molecule has 1 aromatic carbocycles. The number of benzene rings is 1. The van der Waals surface area contributed by atoms with Crippen molar-refractivity contribution in [2.75, 3.05) is 0 Å². The van der Waals surface area contributed by atoms with Gasteiger partial charge in [0.15, 0.2) is 0 Å². The third-order valence-electron chi connectivity index (χ3n) is 2.59. The number of hydrogen-bond acceptors (Lipinski definition) is 0. The molecule has 0 aliphatic heterocycles. The molecule has 13 heavy (non-hydrogen) atoms. The average Bonchev–Trinajstić information content (AvgIpc) is 2.53. The van der Waals surface area contributed by atoms with Crippen molar-refractivity contribution in [3.8, 4) is 0 Å². The van der Waals surface area contributed by atoms with Crippen LogP contribution in [0.25, 0.3) is 10.9 Å². The van der Waals surface area contributed by atoms with Crippen LogP contribution in [0, 0.1) is 6.92 Å². The van der Waals surface area contributed by atoms with Crippen LogP contribution in [0.2, 0.25) is 0 Å². The molecule has 0 aliphatic rings. The van der Waals surface area contributed by atoms with Gasteiger partial charge in [0.2, 0.25) is 0 Å². The maximum Gasteiger partial charge on any atom is 0.0486 e. The number of fused-ring (bicyclic) bond motifs is 1. The third-order valence-corrected chi connectivity index (χ3v) is 2.59. The molecule has 0 atom stereocenters. The standard InChI is InChI=1S/C12H15N/c1-8(2)10-5-4-9(3)12-11(10)6-7-13-12/h4-8,13H,1-3H3. The molecule has 0 amide bonds. The van der Waals surface area contributed by atoms with Gasteiger partial charge in [-0.15, -0.1) is 0 Å². The van der Waals surface area contributed by atoms with E-state index >= 15 is 0 Å². The van der Waals surface area contributed by atoms with Gasteiger partial charge < -0.3 is 4.98 Å². The summed E-state index contributed by atoms with van der Waals surface area (Å²) < 4.78 is 0. The van der Waals surface area contributed by atoms with Crippen molar-refractivity contribution in [1.82, 2.24) is 4.98 Å². The predicted molar refractivity (Wildman–Crippen MR) is 57.1 cm³/mol. The zero-order valence-corrected chi connectivity index (χ0v) is 8.39. The van der Waals surface area contributed by atoms with E-state index in [4.69, 9.17) is 0 Å². The minimum absolute atomic E-state index is 0.596. The zero-order valence-electron chi connectivity index (χ0n) is 8.39. The van der Waals surface area contributed by atoms with Crippen LogP contribution < -0.4 is 0 Å². The first-order valence-corrected chi connectivity index (χ1v) is 4.76. The number of nitrogens with one attached hydrogen (secondary N) is 1. The molecule has 2 rings (SSSR count). The lowest BCUT2D eigenvalue weighted by atomic mass is 9.97. The molecule has 1 heterocycles. The number of rotatable bonds is 1. The lowest BCUT2D eigenvalue weighted by molar-refractivity contribution is 0.876. The van der Waals surface area contributed by atoms with Crippen molar-refractivity contribution >= 4 is 10.9 Å². The Morgan fingerprint density at radius 2 is 1.92 bits per heavy atom. The summed E-state index contributed by atoms with van der Waals surface area (Å²) in [6, 6.07) is 6.59. The number of H-pyrrole nitrogens is 1. The Kier molecular flexibility index (Phi) is 1.87. The van der Waals surface area contributed by atoms with Crippen molar-refractivity contribution in [3.05, 3.63) is 35.5 Å². The first-order valence-electron chi connectivity index (χ1n) is 4.76. The quantitative estimate of drug-likeness (QED) is 0.678. The molecule has 0 spiro atoms. The normalized spacial score (nSPS) is 11.4. The molecule has 1 heteroatoms. The second kappa shape index (κ2) is 2.91. The molecule has 0 bridgehead atoms. The van der Waals surface area contributed by atoms with Crippen molar-refractivity contribution in [2.24, 2.45) is 0 Å². The highest BCUT2D eigenvalue weighted by Gasteiger charge is 2.06. The minimum Gasteiger partial charge on any atom is -0.361 e. The van der Waals surface area contributed by atoms with Crippen molar-refractivity contribution in [3.63, 3.8) is 0 Å². The number of aromatic amines is 1. The highest BCUT2D eigenvalue weighted by atomic mass is 14.7. The second-order valence-electron chi connectivity index (χ2n) is 3.89. The van der Waals surface area contributed by atoms with Crippen LogP contribution in [0.3, 0.4) is 0 Å². The third kappa shape index (κ3) is 1.24. The van der Waals surface area contributed by atoms with E-state index in [0.717, 1.165) is 0 Å². The highest BCUT2D eigenvalue weighted by Crippen LogP contribution is 2.26. The van der Waals surface area contributed by atoms with Gasteiger partial charge in [-0.1, -0.05) is 26.0 Å². The SMILES string of the molecule is Cc1ccc(C(C)C)c2cc[nH]c12. The maximum atomic E-state index is 3.28. The van der Waals surface area contributed by atoms with Gasteiger partial charge in [-0.3, -0.25) is 0 Å². The Morgan fingerprint density at radius 3 is 2.62 bits per heavy atom. The van der Waals surface area contributed by atoms with E-state index in [1.54, 1.807) is 0 Å². The Morgan fingerprint density at radius 1 is 1.15 bits per heavy atom. The van der Waals surface area contributed by atoms with Gasteiger partial charge in [0, 0.05) is 17.1 Å². The van der Waals surface area contributed by atoms with Gasteiger partial charge in [-0.05, 0) is 30.0 Å². The van der Waals surface area contributed by atoms with Gasteiger partial charge in [0.05, 0.1) is 0 Å². The Balaban J connectivity index is 2.78. The van der Waals surface area contributed by atoms with E-state index in [0.29, 0.717) is 5.92 Å². The topological polar surface area (TPSA) is 15.8 Å². The van der Waals surface area contributed by atoms with E-state index in [1.165, 1.54) is 22.0 Å². The second-order valence-corrected chi connectivity index (χ2v) is 3.89. The molecule has 0 fully saturated rings. The molecule has 1 nitrogen and oxygen atoms in total. The fraction of sp³-hybridized carbons (Fsp3) is 0.333. The van der Waals surface area contributed by atoms with Gasteiger partial charge in [-0.25, -0.2) is 0 Å². The van der Waals surface area contributed by atoms with Crippen LogP contribution in [0.1, 0.15) is 30.9 Å². The lowest BCUT2D eigenvalue weighted by Crippen LogP contribution is -1.89. The lowest BCUT2D eigenvalue weighted by Gasteiger charge is -2.08. The van der Waals surface area contributed by atoms with Crippen molar-refractivity contribution in [2.45, 2.75) is 26.7 Å². The van der Waals surface area contributed by atoms with Gasteiger partial charge in [-0.2, -0.15) is 0 Å². The van der Waals surface area contributed by atoms with E-state index in [-0.39, 0.29) is 0 Å².